The summed E-state index contributed by atoms with van der Waals surface area (Å²) < 4.78 is 8.63. The minimum absolute atomic E-state index is 0. The first-order chi connectivity index (χ1) is 23.5. The molecule has 0 N–H and O–H groups in total. The number of hydrogen-bond acceptors (Lipinski definition) is 4. The van der Waals surface area contributed by atoms with Crippen molar-refractivity contribution in [3.05, 3.63) is 139 Å². The summed E-state index contributed by atoms with van der Waals surface area (Å²) in [6, 6.07) is 36.9. The zero-order chi connectivity index (χ0) is 34.3. The molecule has 0 atom stereocenters. The Labute approximate surface area is 311 Å². The van der Waals surface area contributed by atoms with Gasteiger partial charge in [-0.05, 0) is 94.9 Å². The predicted molar refractivity (Wildman–Crippen MR) is 203 cm³/mol. The zero-order valence-corrected chi connectivity index (χ0v) is 32.2. The summed E-state index contributed by atoms with van der Waals surface area (Å²) in [6.45, 7) is 17.9. The van der Waals surface area contributed by atoms with Gasteiger partial charge in [0.1, 0.15) is 5.82 Å². The molecular weight excluding hydrogens is 796 g/mol. The maximum absolute atomic E-state index is 6.45. The Balaban J connectivity index is 0.00000432. The topological polar surface area (TPSA) is 33.5 Å². The minimum atomic E-state index is 0. The van der Waals surface area contributed by atoms with Crippen LogP contribution < -0.4 is 14.5 Å². The van der Waals surface area contributed by atoms with Crippen molar-refractivity contribution < 1.29 is 25.8 Å². The first-order valence-electron chi connectivity index (χ1n) is 17.4. The summed E-state index contributed by atoms with van der Waals surface area (Å²) in [4.78, 5) is 9.08. The van der Waals surface area contributed by atoms with E-state index in [2.05, 4.69) is 161 Å². The smallest absolute Gasteiger partial charge is 0.135 e. The van der Waals surface area contributed by atoms with Crippen molar-refractivity contribution in [1.82, 2.24) is 9.55 Å². The fourth-order valence-corrected chi connectivity index (χ4v) is 6.66. The molecule has 260 valence electrons. The molecule has 0 saturated heterocycles. The summed E-state index contributed by atoms with van der Waals surface area (Å²) in [5.74, 6) is 3.33. The van der Waals surface area contributed by atoms with Crippen LogP contribution in [0.2, 0.25) is 0 Å². The Morgan fingerprint density at radius 2 is 1.44 bits per heavy atom. The Morgan fingerprint density at radius 1 is 0.740 bits per heavy atom. The number of anilines is 2. The van der Waals surface area contributed by atoms with Crippen LogP contribution in [-0.2, 0) is 39.3 Å². The van der Waals surface area contributed by atoms with Gasteiger partial charge in [-0.2, -0.15) is 12.1 Å². The predicted octanol–water partition coefficient (Wildman–Crippen LogP) is 11.2. The van der Waals surface area contributed by atoms with Crippen molar-refractivity contribution in [2.75, 3.05) is 9.80 Å². The SMILES string of the molecule is CC(C)Cc1cc(CC(C)C)cc(N2C=CN(c3[c-]c(Oc4[c-]c5c(cc4)c4ccccc4n5-c4cc(C(C)(C)C)ccn4)ccc3)[CH-]2)c1.[Pt]. The van der Waals surface area contributed by atoms with Gasteiger partial charge in [0.2, 0.25) is 0 Å². The van der Waals surface area contributed by atoms with E-state index < -0.39 is 0 Å². The zero-order valence-electron chi connectivity index (χ0n) is 30.0. The molecule has 6 heteroatoms. The molecule has 0 saturated carbocycles. The number of pyridine rings is 1. The van der Waals surface area contributed by atoms with Crippen molar-refractivity contribution >= 4 is 33.2 Å². The summed E-state index contributed by atoms with van der Waals surface area (Å²) in [6.07, 6.45) is 8.21. The molecule has 0 unspecified atom stereocenters. The first kappa shape index (κ1) is 35.5. The maximum Gasteiger partial charge on any atom is 0.135 e. The van der Waals surface area contributed by atoms with Gasteiger partial charge in [-0.15, -0.1) is 48.1 Å². The first-order valence-corrected chi connectivity index (χ1v) is 17.4. The van der Waals surface area contributed by atoms with Crippen molar-refractivity contribution in [2.24, 2.45) is 11.8 Å². The molecule has 2 aromatic heterocycles. The van der Waals surface area contributed by atoms with Crippen LogP contribution in [0.3, 0.4) is 0 Å². The summed E-state index contributed by atoms with van der Waals surface area (Å²) >= 11 is 0. The summed E-state index contributed by atoms with van der Waals surface area (Å²) in [5, 5.41) is 2.26. The molecule has 0 aliphatic carbocycles. The van der Waals surface area contributed by atoms with Crippen molar-refractivity contribution in [3.63, 3.8) is 0 Å². The van der Waals surface area contributed by atoms with E-state index in [1.807, 2.05) is 24.4 Å². The number of fused-ring (bicyclic) bond motifs is 3. The Bertz CT molecular complexity index is 2130. The second kappa shape index (κ2) is 14.5. The Morgan fingerprint density at radius 3 is 2.16 bits per heavy atom. The van der Waals surface area contributed by atoms with Gasteiger partial charge < -0.3 is 19.1 Å². The van der Waals surface area contributed by atoms with E-state index in [4.69, 9.17) is 9.72 Å². The number of ether oxygens (including phenoxy) is 1. The van der Waals surface area contributed by atoms with E-state index in [-0.39, 0.29) is 26.5 Å². The third kappa shape index (κ3) is 7.54. The van der Waals surface area contributed by atoms with Gasteiger partial charge in [0.15, 0.2) is 0 Å². The van der Waals surface area contributed by atoms with Crippen LogP contribution in [0, 0.1) is 30.6 Å². The van der Waals surface area contributed by atoms with Gasteiger partial charge in [-0.3, -0.25) is 0 Å². The number of hydrogen-bond donors (Lipinski definition) is 0. The normalized spacial score (nSPS) is 13.2. The number of rotatable bonds is 9. The summed E-state index contributed by atoms with van der Waals surface area (Å²) in [7, 11) is 0. The van der Waals surface area contributed by atoms with Gasteiger partial charge in [0.25, 0.3) is 0 Å². The Kier molecular flexibility index (Phi) is 10.3. The molecule has 0 bridgehead atoms. The number of nitrogens with zero attached hydrogens (tertiary/aromatic N) is 4. The van der Waals surface area contributed by atoms with Crippen LogP contribution in [-0.4, -0.2) is 9.55 Å². The van der Waals surface area contributed by atoms with Crippen molar-refractivity contribution in [1.29, 1.82) is 0 Å². The molecule has 0 spiro atoms. The fraction of sp³-hybridized carbons (Fsp3) is 0.273. The molecule has 1 aliphatic rings. The number of para-hydroxylation sites is 1. The van der Waals surface area contributed by atoms with Crippen LogP contribution in [0.25, 0.3) is 27.6 Å². The second-order valence-corrected chi connectivity index (χ2v) is 15.0. The molecule has 5 nitrogen and oxygen atoms in total. The van der Waals surface area contributed by atoms with Crippen molar-refractivity contribution in [3.8, 4) is 17.3 Å². The average molecular weight is 841 g/mol. The standard InChI is InChI=1S/C44H45N4O.Pt/c1-30(2)21-32-23-33(22-31(3)4)25-36(24-32)47-20-19-46(29-47)35-11-10-12-37(27-35)49-38-15-16-40-39-13-8-9-14-41(39)48(42(40)28-38)43-26-34(17-18-45-43)44(5,6)7;/h8-20,23-26,29-31H,21-22H2,1-7H3;/q-3;. The van der Waals surface area contributed by atoms with Gasteiger partial charge in [0, 0.05) is 50.0 Å². The molecule has 6 aromatic rings. The molecule has 7 rings (SSSR count). The average Bonchev–Trinajstić information content (AvgIpc) is 3.67. The summed E-state index contributed by atoms with van der Waals surface area (Å²) in [5.41, 5.74) is 8.10. The quantitative estimate of drug-likeness (QED) is 0.136. The monoisotopic (exact) mass is 840 g/mol. The van der Waals surface area contributed by atoms with E-state index in [1.54, 1.807) is 0 Å². The molecule has 0 amide bonds. The van der Waals surface area contributed by atoms with Crippen LogP contribution in [0.1, 0.15) is 65.2 Å². The molecule has 1 aliphatic heterocycles. The van der Waals surface area contributed by atoms with Gasteiger partial charge in [0.05, 0.1) is 0 Å². The number of aromatic nitrogens is 2. The van der Waals surface area contributed by atoms with E-state index in [1.165, 1.54) is 22.4 Å². The third-order valence-corrected chi connectivity index (χ3v) is 8.91. The van der Waals surface area contributed by atoms with Crippen LogP contribution in [0.4, 0.5) is 11.4 Å². The minimum Gasteiger partial charge on any atom is -0.509 e. The molecule has 0 fully saturated rings. The molecule has 3 heterocycles. The maximum atomic E-state index is 6.45. The van der Waals surface area contributed by atoms with E-state index in [0.717, 1.165) is 46.2 Å². The van der Waals surface area contributed by atoms with Gasteiger partial charge >= 0.3 is 0 Å². The molecule has 0 radical (unpaired) electrons. The van der Waals surface area contributed by atoms with E-state index in [9.17, 15) is 0 Å². The van der Waals surface area contributed by atoms with Crippen LogP contribution >= 0.6 is 0 Å². The third-order valence-electron chi connectivity index (χ3n) is 8.91. The van der Waals surface area contributed by atoms with E-state index in [0.29, 0.717) is 23.3 Å². The van der Waals surface area contributed by atoms with Crippen molar-refractivity contribution in [2.45, 2.75) is 66.7 Å². The van der Waals surface area contributed by atoms with Gasteiger partial charge in [-0.25, -0.2) is 4.98 Å². The largest absolute Gasteiger partial charge is 0.509 e. The van der Waals surface area contributed by atoms with Gasteiger partial charge in [-0.1, -0.05) is 78.2 Å². The van der Waals surface area contributed by atoms with Crippen LogP contribution in [0.5, 0.6) is 11.5 Å². The molecule has 4 aromatic carbocycles. The van der Waals surface area contributed by atoms with E-state index >= 15 is 0 Å². The molecule has 50 heavy (non-hydrogen) atoms. The number of benzene rings is 4. The van der Waals surface area contributed by atoms with Crippen LogP contribution in [0.15, 0.2) is 104 Å². The fourth-order valence-electron chi connectivity index (χ4n) is 6.66. The second-order valence-electron chi connectivity index (χ2n) is 15.0. The molecular formula is C44H45N4OPt-3. The Hall–Kier alpha value is -4.34.